The molecule has 1 amide bonds. The largest absolute Gasteiger partial charge is 0.497 e. The lowest BCUT2D eigenvalue weighted by atomic mass is 10.0. The Morgan fingerprint density at radius 3 is 2.37 bits per heavy atom. The van der Waals surface area contributed by atoms with Crippen molar-refractivity contribution in [3.05, 3.63) is 42.0 Å². The molecular formula is C22H31NO4. The standard InChI is InChI=1S/C21H27NO4.CH4/c1-26-19-11-10-17-13-16(8-9-18(17)15-19)14-20(23)22-12-6-4-2-3-5-7-21(24)25;/h8-11,13,15H,2-7,12,14H2,1H3,(H,22,23)(H,24,25);1H4. The van der Waals surface area contributed by atoms with Gasteiger partial charge in [0.05, 0.1) is 13.5 Å². The van der Waals surface area contributed by atoms with Crippen LogP contribution in [0.1, 0.15) is 51.5 Å². The summed E-state index contributed by atoms with van der Waals surface area (Å²) in [6.07, 6.45) is 5.23. The quantitative estimate of drug-likeness (QED) is 0.566. The number of nitrogens with one attached hydrogen (secondary N) is 1. The summed E-state index contributed by atoms with van der Waals surface area (Å²) in [5, 5.41) is 13.7. The Morgan fingerprint density at radius 1 is 0.963 bits per heavy atom. The molecule has 0 aromatic heterocycles. The van der Waals surface area contributed by atoms with Crippen LogP contribution in [0.25, 0.3) is 10.8 Å². The smallest absolute Gasteiger partial charge is 0.303 e. The van der Waals surface area contributed by atoms with E-state index in [2.05, 4.69) is 5.32 Å². The molecule has 5 nitrogen and oxygen atoms in total. The molecule has 2 aromatic carbocycles. The molecule has 2 rings (SSSR count). The summed E-state index contributed by atoms with van der Waals surface area (Å²) >= 11 is 0. The number of unbranched alkanes of at least 4 members (excludes halogenated alkanes) is 4. The molecule has 0 atom stereocenters. The van der Waals surface area contributed by atoms with Crippen LogP contribution in [-0.4, -0.2) is 30.6 Å². The van der Waals surface area contributed by atoms with Crippen LogP contribution in [0, 0.1) is 0 Å². The number of carboxylic acid groups (broad SMARTS) is 1. The Bertz CT molecular complexity index is 742. The SMILES string of the molecule is C.COc1ccc2cc(CC(=O)NCCCCCCCC(=O)O)ccc2c1. The number of methoxy groups -OCH3 is 1. The molecule has 0 heterocycles. The molecule has 0 saturated carbocycles. The van der Waals surface area contributed by atoms with Gasteiger partial charge in [0.25, 0.3) is 0 Å². The molecule has 27 heavy (non-hydrogen) atoms. The van der Waals surface area contributed by atoms with Crippen molar-refractivity contribution in [1.29, 1.82) is 0 Å². The second-order valence-corrected chi connectivity index (χ2v) is 6.49. The van der Waals surface area contributed by atoms with Gasteiger partial charge in [0, 0.05) is 13.0 Å². The zero-order valence-electron chi connectivity index (χ0n) is 15.3. The second-order valence-electron chi connectivity index (χ2n) is 6.49. The predicted molar refractivity (Wildman–Crippen MR) is 109 cm³/mol. The second kappa shape index (κ2) is 11.9. The Balaban J connectivity index is 0.00000364. The van der Waals surface area contributed by atoms with Gasteiger partial charge >= 0.3 is 5.97 Å². The molecule has 0 aliphatic heterocycles. The Labute approximate surface area is 161 Å². The molecule has 0 aliphatic carbocycles. The van der Waals surface area contributed by atoms with Crippen molar-refractivity contribution in [3.8, 4) is 5.75 Å². The number of rotatable bonds is 11. The fourth-order valence-corrected chi connectivity index (χ4v) is 2.92. The summed E-state index contributed by atoms with van der Waals surface area (Å²) in [7, 11) is 1.65. The lowest BCUT2D eigenvalue weighted by Crippen LogP contribution is -2.26. The topological polar surface area (TPSA) is 75.6 Å². The van der Waals surface area contributed by atoms with Crippen LogP contribution in [0.5, 0.6) is 5.75 Å². The number of benzene rings is 2. The maximum absolute atomic E-state index is 12.1. The van der Waals surface area contributed by atoms with Gasteiger partial charge < -0.3 is 15.2 Å². The Hall–Kier alpha value is -2.56. The lowest BCUT2D eigenvalue weighted by molar-refractivity contribution is -0.137. The summed E-state index contributed by atoms with van der Waals surface area (Å²) in [5.41, 5.74) is 0.994. The highest BCUT2D eigenvalue weighted by molar-refractivity contribution is 5.86. The van der Waals surface area contributed by atoms with Crippen LogP contribution in [0.4, 0.5) is 0 Å². The molecule has 0 unspecified atom stereocenters. The predicted octanol–water partition coefficient (Wildman–Crippen LogP) is 4.57. The van der Waals surface area contributed by atoms with Gasteiger partial charge in [-0.2, -0.15) is 0 Å². The Kier molecular flexibility index (Phi) is 9.94. The van der Waals surface area contributed by atoms with E-state index in [4.69, 9.17) is 9.84 Å². The molecule has 148 valence electrons. The molecule has 5 heteroatoms. The van der Waals surface area contributed by atoms with Crippen molar-refractivity contribution in [1.82, 2.24) is 5.32 Å². The highest BCUT2D eigenvalue weighted by Gasteiger charge is 2.05. The first-order chi connectivity index (χ1) is 12.6. The zero-order valence-corrected chi connectivity index (χ0v) is 15.3. The number of aliphatic carboxylic acids is 1. The fraction of sp³-hybridized carbons (Fsp3) is 0.455. The summed E-state index contributed by atoms with van der Waals surface area (Å²) in [6, 6.07) is 11.9. The average molecular weight is 373 g/mol. The van der Waals surface area contributed by atoms with Crippen molar-refractivity contribution < 1.29 is 19.4 Å². The average Bonchev–Trinajstić information content (AvgIpc) is 2.63. The summed E-state index contributed by atoms with van der Waals surface area (Å²) in [5.74, 6) is 0.125. The van der Waals surface area contributed by atoms with Gasteiger partial charge in [0.2, 0.25) is 5.91 Å². The molecule has 0 saturated heterocycles. The van der Waals surface area contributed by atoms with Gasteiger partial charge in [0.15, 0.2) is 0 Å². The first kappa shape index (κ1) is 22.5. The number of fused-ring (bicyclic) bond motifs is 1. The van der Waals surface area contributed by atoms with Crippen molar-refractivity contribution in [2.75, 3.05) is 13.7 Å². The highest BCUT2D eigenvalue weighted by atomic mass is 16.5. The van der Waals surface area contributed by atoms with Gasteiger partial charge in [-0.3, -0.25) is 9.59 Å². The van der Waals surface area contributed by atoms with E-state index in [1.165, 1.54) is 0 Å². The van der Waals surface area contributed by atoms with Crippen molar-refractivity contribution >= 4 is 22.6 Å². The molecule has 0 radical (unpaired) electrons. The number of carboxylic acids is 1. The van der Waals surface area contributed by atoms with E-state index in [0.29, 0.717) is 13.0 Å². The number of carbonyl (C=O) groups is 2. The number of amides is 1. The van der Waals surface area contributed by atoms with Crippen LogP contribution in [0.15, 0.2) is 36.4 Å². The molecule has 0 fully saturated rings. The maximum atomic E-state index is 12.1. The van der Waals surface area contributed by atoms with E-state index in [0.717, 1.165) is 54.2 Å². The summed E-state index contributed by atoms with van der Waals surface area (Å²) in [4.78, 5) is 22.5. The van der Waals surface area contributed by atoms with E-state index in [9.17, 15) is 9.59 Å². The van der Waals surface area contributed by atoms with E-state index in [1.807, 2.05) is 36.4 Å². The van der Waals surface area contributed by atoms with Gasteiger partial charge in [-0.05, 0) is 41.3 Å². The van der Waals surface area contributed by atoms with Crippen molar-refractivity contribution in [3.63, 3.8) is 0 Å². The number of hydrogen-bond acceptors (Lipinski definition) is 3. The van der Waals surface area contributed by atoms with Crippen LogP contribution in [0.2, 0.25) is 0 Å². The number of hydrogen-bond donors (Lipinski definition) is 2. The van der Waals surface area contributed by atoms with Crippen LogP contribution < -0.4 is 10.1 Å². The van der Waals surface area contributed by atoms with Gasteiger partial charge in [-0.15, -0.1) is 0 Å². The monoisotopic (exact) mass is 373 g/mol. The third-order valence-corrected chi connectivity index (χ3v) is 4.37. The van der Waals surface area contributed by atoms with Crippen molar-refractivity contribution in [2.24, 2.45) is 0 Å². The summed E-state index contributed by atoms with van der Waals surface area (Å²) in [6.45, 7) is 0.669. The third kappa shape index (κ3) is 8.11. The first-order valence-electron chi connectivity index (χ1n) is 9.13. The lowest BCUT2D eigenvalue weighted by Gasteiger charge is -2.07. The first-order valence-corrected chi connectivity index (χ1v) is 9.13. The molecular weight excluding hydrogens is 342 g/mol. The molecule has 2 aromatic rings. The number of ether oxygens (including phenoxy) is 1. The van der Waals surface area contributed by atoms with Crippen LogP contribution in [0.3, 0.4) is 0 Å². The fourth-order valence-electron chi connectivity index (χ4n) is 2.92. The van der Waals surface area contributed by atoms with E-state index in [-0.39, 0.29) is 19.8 Å². The van der Waals surface area contributed by atoms with E-state index >= 15 is 0 Å². The van der Waals surface area contributed by atoms with Gasteiger partial charge in [-0.25, -0.2) is 0 Å². The van der Waals surface area contributed by atoms with E-state index in [1.54, 1.807) is 7.11 Å². The van der Waals surface area contributed by atoms with Crippen molar-refractivity contribution in [2.45, 2.75) is 52.4 Å². The number of carbonyl (C=O) groups excluding carboxylic acids is 1. The minimum absolute atomic E-state index is 0. The maximum Gasteiger partial charge on any atom is 0.303 e. The van der Waals surface area contributed by atoms with Gasteiger partial charge in [0.1, 0.15) is 5.75 Å². The van der Waals surface area contributed by atoms with E-state index < -0.39 is 5.97 Å². The molecule has 0 spiro atoms. The molecule has 2 N–H and O–H groups in total. The zero-order chi connectivity index (χ0) is 18.8. The van der Waals surface area contributed by atoms with Crippen LogP contribution in [-0.2, 0) is 16.0 Å². The normalized spacial score (nSPS) is 10.3. The van der Waals surface area contributed by atoms with Gasteiger partial charge in [-0.1, -0.05) is 51.0 Å². The Morgan fingerprint density at radius 2 is 1.63 bits per heavy atom. The summed E-state index contributed by atoms with van der Waals surface area (Å²) < 4.78 is 5.22. The minimum atomic E-state index is -0.731. The molecule has 0 aliphatic rings. The molecule has 0 bridgehead atoms. The highest BCUT2D eigenvalue weighted by Crippen LogP contribution is 2.22. The minimum Gasteiger partial charge on any atom is -0.497 e. The third-order valence-electron chi connectivity index (χ3n) is 4.37. The van der Waals surface area contributed by atoms with Crippen LogP contribution >= 0.6 is 0 Å².